The Hall–Kier alpha value is -2.58. The van der Waals surface area contributed by atoms with Crippen molar-refractivity contribution >= 4 is 11.7 Å². The number of hydrogen-bond donors (Lipinski definition) is 1. The van der Waals surface area contributed by atoms with E-state index < -0.39 is 12.2 Å². The van der Waals surface area contributed by atoms with Crippen LogP contribution in [0.2, 0.25) is 0 Å². The van der Waals surface area contributed by atoms with Gasteiger partial charge in [0.2, 0.25) is 0 Å². The number of piperidine rings is 1. The summed E-state index contributed by atoms with van der Waals surface area (Å²) in [5.41, 5.74) is 1.67. The third-order valence-corrected chi connectivity index (χ3v) is 6.55. The molecule has 1 saturated heterocycles. The molecule has 6 nitrogen and oxygen atoms in total. The highest BCUT2D eigenvalue weighted by molar-refractivity contribution is 5.95. The average Bonchev–Trinajstić information content (AvgIpc) is 3.17. The molecule has 2 aromatic rings. The summed E-state index contributed by atoms with van der Waals surface area (Å²) in [7, 11) is 0. The molecule has 174 valence electrons. The smallest absolute Gasteiger partial charge is 0.367 e. The number of aromatic nitrogens is 3. The Bertz CT molecular complexity index is 994. The minimum Gasteiger partial charge on any atom is -0.367 e. The van der Waals surface area contributed by atoms with E-state index in [-0.39, 0.29) is 29.7 Å². The summed E-state index contributed by atoms with van der Waals surface area (Å²) in [5, 5.41) is 7.63. The second kappa shape index (κ2) is 8.08. The van der Waals surface area contributed by atoms with Crippen LogP contribution in [0.15, 0.2) is 24.5 Å². The molecule has 1 amide bonds. The molecule has 0 saturated carbocycles. The van der Waals surface area contributed by atoms with E-state index >= 15 is 0 Å². The molecule has 2 aliphatic heterocycles. The lowest BCUT2D eigenvalue weighted by Crippen LogP contribution is -2.49. The molecule has 2 aliphatic rings. The molecule has 1 fully saturated rings. The van der Waals surface area contributed by atoms with Gasteiger partial charge in [-0.25, -0.2) is 4.68 Å². The molecule has 0 aliphatic carbocycles. The van der Waals surface area contributed by atoms with E-state index in [1.54, 1.807) is 29.4 Å². The fourth-order valence-electron chi connectivity index (χ4n) is 4.68. The number of anilines is 1. The highest BCUT2D eigenvalue weighted by Crippen LogP contribution is 2.43. The minimum atomic E-state index is -4.39. The molecule has 0 bridgehead atoms. The van der Waals surface area contributed by atoms with E-state index in [9.17, 15) is 18.0 Å². The number of carbonyl (C=O) groups is 1. The van der Waals surface area contributed by atoms with Gasteiger partial charge in [-0.1, -0.05) is 20.8 Å². The van der Waals surface area contributed by atoms with Crippen LogP contribution < -0.4 is 5.32 Å². The molecule has 2 aromatic heterocycles. The molecule has 1 unspecified atom stereocenters. The average molecular weight is 450 g/mol. The molecule has 32 heavy (non-hydrogen) atoms. The summed E-state index contributed by atoms with van der Waals surface area (Å²) in [4.78, 5) is 18.9. The highest BCUT2D eigenvalue weighted by atomic mass is 19.4. The lowest BCUT2D eigenvalue weighted by molar-refractivity contribution is -0.174. The summed E-state index contributed by atoms with van der Waals surface area (Å²) in [5.74, 6) is 0.251. The number of likely N-dealkylation sites (tertiary alicyclic amines) is 1. The number of carbonyl (C=O) groups excluding carboxylic acids is 1. The maximum absolute atomic E-state index is 14.0. The van der Waals surface area contributed by atoms with Crippen LogP contribution in [0.4, 0.5) is 19.0 Å². The zero-order chi connectivity index (χ0) is 23.3. The number of nitrogens with zero attached hydrogens (tertiary/aromatic N) is 4. The standard InChI is InChI=1S/C23H30F3N5O/c1-14-12-27-8-7-16(14)21(32)30-9-5-6-15(13-30)17-10-19(23(24,25)26)31-20(28-17)11-18(29-31)22(2,3)4/h7-8,11-12,15,17,19,28H,5-6,9-10,13H2,1-4H3/t15?,17-,19+/m0/s1. The van der Waals surface area contributed by atoms with Crippen LogP contribution in [-0.2, 0) is 5.41 Å². The van der Waals surface area contributed by atoms with Crippen LogP contribution in [0.25, 0.3) is 0 Å². The summed E-state index contributed by atoms with van der Waals surface area (Å²) < 4.78 is 43.0. The largest absolute Gasteiger partial charge is 0.410 e. The van der Waals surface area contributed by atoms with Gasteiger partial charge in [0.05, 0.1) is 5.69 Å². The maximum atomic E-state index is 14.0. The predicted molar refractivity (Wildman–Crippen MR) is 116 cm³/mol. The first kappa shape index (κ1) is 22.6. The first-order valence-electron chi connectivity index (χ1n) is 11.1. The van der Waals surface area contributed by atoms with Crippen LogP contribution in [0.3, 0.4) is 0 Å². The number of hydrogen-bond acceptors (Lipinski definition) is 4. The molecule has 9 heteroatoms. The van der Waals surface area contributed by atoms with Crippen molar-refractivity contribution < 1.29 is 18.0 Å². The van der Waals surface area contributed by atoms with Gasteiger partial charge < -0.3 is 10.2 Å². The Labute approximate surface area is 186 Å². The van der Waals surface area contributed by atoms with E-state index in [1.807, 2.05) is 27.7 Å². The molecule has 3 atom stereocenters. The van der Waals surface area contributed by atoms with Gasteiger partial charge in [-0.2, -0.15) is 18.3 Å². The van der Waals surface area contributed by atoms with Crippen molar-refractivity contribution in [2.24, 2.45) is 5.92 Å². The van der Waals surface area contributed by atoms with E-state index in [0.29, 0.717) is 30.2 Å². The highest BCUT2D eigenvalue weighted by Gasteiger charge is 2.48. The predicted octanol–water partition coefficient (Wildman–Crippen LogP) is 4.72. The van der Waals surface area contributed by atoms with Gasteiger partial charge in [0.1, 0.15) is 5.82 Å². The topological polar surface area (TPSA) is 63.1 Å². The molecule has 0 aromatic carbocycles. The van der Waals surface area contributed by atoms with Crippen LogP contribution >= 0.6 is 0 Å². The summed E-state index contributed by atoms with van der Waals surface area (Å²) in [6, 6.07) is 1.38. The zero-order valence-electron chi connectivity index (χ0n) is 18.9. The summed E-state index contributed by atoms with van der Waals surface area (Å²) >= 11 is 0. The minimum absolute atomic E-state index is 0.0681. The van der Waals surface area contributed by atoms with Gasteiger partial charge >= 0.3 is 6.18 Å². The Morgan fingerprint density at radius 3 is 2.66 bits per heavy atom. The Kier molecular flexibility index (Phi) is 5.71. The Balaban J connectivity index is 1.57. The van der Waals surface area contributed by atoms with Crippen LogP contribution in [-0.4, -0.2) is 50.9 Å². The SMILES string of the molecule is Cc1cnccc1C(=O)N1CCCC([C@@H]2C[C@H](C(F)(F)F)n3nc(C(C)(C)C)cc3N2)C1. The molecule has 0 radical (unpaired) electrons. The number of pyridine rings is 1. The van der Waals surface area contributed by atoms with E-state index in [0.717, 1.165) is 23.1 Å². The van der Waals surface area contributed by atoms with Crippen molar-refractivity contribution in [1.29, 1.82) is 0 Å². The lowest BCUT2D eigenvalue weighted by Gasteiger charge is -2.41. The van der Waals surface area contributed by atoms with Crippen molar-refractivity contribution in [3.8, 4) is 0 Å². The van der Waals surface area contributed by atoms with E-state index in [1.165, 1.54) is 0 Å². The van der Waals surface area contributed by atoms with Gasteiger partial charge in [-0.3, -0.25) is 9.78 Å². The maximum Gasteiger partial charge on any atom is 0.410 e. The summed E-state index contributed by atoms with van der Waals surface area (Å²) in [6.07, 6.45) is 0.298. The fourth-order valence-corrected chi connectivity index (χ4v) is 4.68. The molecule has 4 heterocycles. The van der Waals surface area contributed by atoms with Gasteiger partial charge in [-0.15, -0.1) is 0 Å². The van der Waals surface area contributed by atoms with Crippen molar-refractivity contribution in [1.82, 2.24) is 19.7 Å². The second-order valence-corrected chi connectivity index (χ2v) is 10.00. The fraction of sp³-hybridized carbons (Fsp3) is 0.609. The van der Waals surface area contributed by atoms with Crippen LogP contribution in [0, 0.1) is 12.8 Å². The number of nitrogens with one attached hydrogen (secondary N) is 1. The van der Waals surface area contributed by atoms with Crippen molar-refractivity contribution in [3.05, 3.63) is 41.3 Å². The van der Waals surface area contributed by atoms with Crippen molar-refractivity contribution in [2.45, 2.75) is 70.6 Å². The first-order chi connectivity index (χ1) is 14.9. The third-order valence-electron chi connectivity index (χ3n) is 6.55. The normalized spacial score (nSPS) is 24.1. The Morgan fingerprint density at radius 2 is 2.00 bits per heavy atom. The van der Waals surface area contributed by atoms with Crippen LogP contribution in [0.1, 0.15) is 67.7 Å². The zero-order valence-corrected chi connectivity index (χ0v) is 18.9. The number of rotatable bonds is 2. The van der Waals surface area contributed by atoms with Gasteiger partial charge in [0.25, 0.3) is 5.91 Å². The molecule has 1 N–H and O–H groups in total. The van der Waals surface area contributed by atoms with E-state index in [4.69, 9.17) is 0 Å². The Morgan fingerprint density at radius 1 is 1.25 bits per heavy atom. The molecular weight excluding hydrogens is 419 g/mol. The quantitative estimate of drug-likeness (QED) is 0.721. The molecular formula is C23H30F3N5O. The first-order valence-corrected chi connectivity index (χ1v) is 11.1. The monoisotopic (exact) mass is 449 g/mol. The van der Waals surface area contributed by atoms with Crippen LogP contribution in [0.5, 0.6) is 0 Å². The summed E-state index contributed by atoms with van der Waals surface area (Å²) in [6.45, 7) is 8.70. The molecule has 4 rings (SSSR count). The van der Waals surface area contributed by atoms with Crippen molar-refractivity contribution in [2.75, 3.05) is 18.4 Å². The van der Waals surface area contributed by atoms with Gasteiger partial charge in [0, 0.05) is 48.6 Å². The number of halogens is 3. The van der Waals surface area contributed by atoms with Gasteiger partial charge in [0.15, 0.2) is 6.04 Å². The lowest BCUT2D eigenvalue weighted by atomic mass is 9.85. The number of alkyl halides is 3. The number of amides is 1. The number of aryl methyl sites for hydroxylation is 1. The van der Waals surface area contributed by atoms with E-state index in [2.05, 4.69) is 15.4 Å². The van der Waals surface area contributed by atoms with Gasteiger partial charge in [-0.05, 0) is 43.7 Å². The second-order valence-electron chi connectivity index (χ2n) is 10.00. The third kappa shape index (κ3) is 4.34. The number of fused-ring (bicyclic) bond motifs is 1. The molecule has 0 spiro atoms. The van der Waals surface area contributed by atoms with Crippen molar-refractivity contribution in [3.63, 3.8) is 0 Å².